The molecule has 0 saturated heterocycles. The Morgan fingerprint density at radius 3 is 2.52 bits per heavy atom. The molecule has 1 aromatic rings. The zero-order chi connectivity index (χ0) is 16.1. The van der Waals surface area contributed by atoms with E-state index >= 15 is 0 Å². The van der Waals surface area contributed by atoms with E-state index in [0.717, 1.165) is 5.56 Å². The number of halogens is 3. The van der Waals surface area contributed by atoms with Crippen molar-refractivity contribution < 1.29 is 17.9 Å². The quantitative estimate of drug-likeness (QED) is 0.846. The highest BCUT2D eigenvalue weighted by Gasteiger charge is 2.26. The van der Waals surface area contributed by atoms with Crippen LogP contribution in [-0.4, -0.2) is 36.9 Å². The van der Waals surface area contributed by atoms with Gasteiger partial charge in [-0.05, 0) is 17.0 Å². The Morgan fingerprint density at radius 2 is 1.95 bits per heavy atom. The van der Waals surface area contributed by atoms with Gasteiger partial charge in [0.25, 0.3) is 0 Å². The highest BCUT2D eigenvalue weighted by molar-refractivity contribution is 5.28. The SMILES string of the molecule is CC(C)(C)c1cncc(OC[C@@H](N)CNCC(F)(F)F)c1. The van der Waals surface area contributed by atoms with Crippen LogP contribution in [0.25, 0.3) is 0 Å². The summed E-state index contributed by atoms with van der Waals surface area (Å²) in [6.07, 6.45) is -0.908. The van der Waals surface area contributed by atoms with Gasteiger partial charge in [0.05, 0.1) is 18.8 Å². The van der Waals surface area contributed by atoms with Crippen molar-refractivity contribution in [1.29, 1.82) is 0 Å². The molecule has 1 rings (SSSR count). The second-order valence-corrected chi connectivity index (χ2v) is 5.98. The van der Waals surface area contributed by atoms with E-state index in [-0.39, 0.29) is 18.6 Å². The minimum Gasteiger partial charge on any atom is -0.490 e. The Kier molecular flexibility index (Phi) is 5.98. The van der Waals surface area contributed by atoms with E-state index in [2.05, 4.69) is 31.1 Å². The van der Waals surface area contributed by atoms with E-state index in [1.807, 2.05) is 6.07 Å². The lowest BCUT2D eigenvalue weighted by molar-refractivity contribution is -0.124. The lowest BCUT2D eigenvalue weighted by atomic mass is 9.88. The minimum absolute atomic E-state index is 0.0336. The normalized spacial score (nSPS) is 14.0. The third-order valence-electron chi connectivity index (χ3n) is 2.78. The molecule has 0 radical (unpaired) electrons. The smallest absolute Gasteiger partial charge is 0.401 e. The molecule has 0 bridgehead atoms. The van der Waals surface area contributed by atoms with E-state index < -0.39 is 18.8 Å². The van der Waals surface area contributed by atoms with E-state index in [9.17, 15) is 13.2 Å². The van der Waals surface area contributed by atoms with Gasteiger partial charge in [-0.2, -0.15) is 13.2 Å². The number of ether oxygens (including phenoxy) is 1. The Labute approximate surface area is 122 Å². The van der Waals surface area contributed by atoms with Crippen LogP contribution in [0.3, 0.4) is 0 Å². The van der Waals surface area contributed by atoms with Crippen LogP contribution in [0.15, 0.2) is 18.5 Å². The van der Waals surface area contributed by atoms with Crippen LogP contribution in [0, 0.1) is 0 Å². The molecule has 7 heteroatoms. The molecular formula is C14H22F3N3O. The minimum atomic E-state index is -4.23. The summed E-state index contributed by atoms with van der Waals surface area (Å²) in [5, 5.41) is 2.25. The van der Waals surface area contributed by atoms with Crippen LogP contribution in [0.5, 0.6) is 5.75 Å². The van der Waals surface area contributed by atoms with Crippen molar-refractivity contribution in [1.82, 2.24) is 10.3 Å². The number of hydrogen-bond donors (Lipinski definition) is 2. The number of aromatic nitrogens is 1. The third kappa shape index (κ3) is 7.29. The van der Waals surface area contributed by atoms with Crippen molar-refractivity contribution in [2.75, 3.05) is 19.7 Å². The lowest BCUT2D eigenvalue weighted by Gasteiger charge is -2.20. The van der Waals surface area contributed by atoms with Crippen molar-refractivity contribution in [3.63, 3.8) is 0 Å². The molecular weight excluding hydrogens is 283 g/mol. The summed E-state index contributed by atoms with van der Waals surface area (Å²) in [6, 6.07) is 1.34. The van der Waals surface area contributed by atoms with E-state index in [1.54, 1.807) is 12.4 Å². The fourth-order valence-corrected chi connectivity index (χ4v) is 1.57. The van der Waals surface area contributed by atoms with Crippen LogP contribution >= 0.6 is 0 Å². The summed E-state index contributed by atoms with van der Waals surface area (Å²) in [5.41, 5.74) is 6.66. The standard InChI is InChI=1S/C14H22F3N3O/c1-13(2,3)10-4-12(7-19-5-10)21-8-11(18)6-20-9-14(15,16)17/h4-5,7,11,20H,6,8-9,18H2,1-3H3/t11-/m0/s1. The largest absolute Gasteiger partial charge is 0.490 e. The van der Waals surface area contributed by atoms with Crippen molar-refractivity contribution >= 4 is 0 Å². The third-order valence-corrected chi connectivity index (χ3v) is 2.78. The molecule has 3 N–H and O–H groups in total. The predicted octanol–water partition coefficient (Wildman–Crippen LogP) is 2.24. The van der Waals surface area contributed by atoms with Gasteiger partial charge in [0.15, 0.2) is 0 Å². The highest BCUT2D eigenvalue weighted by Crippen LogP contribution is 2.24. The van der Waals surface area contributed by atoms with Gasteiger partial charge in [0, 0.05) is 12.7 Å². The molecule has 0 aliphatic carbocycles. The first-order valence-corrected chi connectivity index (χ1v) is 6.69. The van der Waals surface area contributed by atoms with Gasteiger partial charge >= 0.3 is 6.18 Å². The molecule has 1 atom stereocenters. The Balaban J connectivity index is 2.41. The average Bonchev–Trinajstić information content (AvgIpc) is 2.34. The van der Waals surface area contributed by atoms with Crippen LogP contribution < -0.4 is 15.8 Å². The maximum Gasteiger partial charge on any atom is 0.401 e. The molecule has 0 saturated carbocycles. The zero-order valence-corrected chi connectivity index (χ0v) is 12.5. The lowest BCUT2D eigenvalue weighted by Crippen LogP contribution is -2.41. The van der Waals surface area contributed by atoms with E-state index in [0.29, 0.717) is 5.75 Å². The Morgan fingerprint density at radius 1 is 1.29 bits per heavy atom. The fraction of sp³-hybridized carbons (Fsp3) is 0.643. The van der Waals surface area contributed by atoms with Crippen molar-refractivity contribution in [3.8, 4) is 5.75 Å². The molecule has 0 aromatic carbocycles. The molecule has 0 unspecified atom stereocenters. The van der Waals surface area contributed by atoms with Crippen LogP contribution in [0.1, 0.15) is 26.3 Å². The Bertz CT molecular complexity index is 444. The molecule has 21 heavy (non-hydrogen) atoms. The van der Waals surface area contributed by atoms with E-state index in [1.165, 1.54) is 0 Å². The van der Waals surface area contributed by atoms with Crippen molar-refractivity contribution in [3.05, 3.63) is 24.0 Å². The topological polar surface area (TPSA) is 60.2 Å². The molecule has 4 nitrogen and oxygen atoms in total. The molecule has 0 amide bonds. The molecule has 1 heterocycles. The summed E-state index contributed by atoms with van der Waals surface area (Å²) in [6.45, 7) is 5.27. The molecule has 120 valence electrons. The van der Waals surface area contributed by atoms with Gasteiger partial charge in [-0.15, -0.1) is 0 Å². The van der Waals surface area contributed by atoms with Gasteiger partial charge < -0.3 is 15.8 Å². The molecule has 0 aliphatic rings. The monoisotopic (exact) mass is 305 g/mol. The second-order valence-electron chi connectivity index (χ2n) is 5.98. The summed E-state index contributed by atoms with van der Waals surface area (Å²) < 4.78 is 41.4. The van der Waals surface area contributed by atoms with Gasteiger partial charge in [-0.3, -0.25) is 4.98 Å². The molecule has 1 aromatic heterocycles. The maximum atomic E-state index is 12.0. The number of nitrogens with zero attached hydrogens (tertiary/aromatic N) is 1. The second kappa shape index (κ2) is 7.09. The number of alkyl halides is 3. The Hall–Kier alpha value is -1.34. The summed E-state index contributed by atoms with van der Waals surface area (Å²) in [5.74, 6) is 0.564. The zero-order valence-electron chi connectivity index (χ0n) is 12.5. The van der Waals surface area contributed by atoms with Crippen LogP contribution in [-0.2, 0) is 5.41 Å². The molecule has 0 spiro atoms. The van der Waals surface area contributed by atoms with Gasteiger partial charge in [0.1, 0.15) is 12.4 Å². The summed E-state index contributed by atoms with van der Waals surface area (Å²) in [4.78, 5) is 4.09. The highest BCUT2D eigenvalue weighted by atomic mass is 19.4. The summed E-state index contributed by atoms with van der Waals surface area (Å²) in [7, 11) is 0. The van der Waals surface area contributed by atoms with Crippen LogP contribution in [0.4, 0.5) is 13.2 Å². The predicted molar refractivity (Wildman–Crippen MR) is 75.3 cm³/mol. The van der Waals surface area contributed by atoms with Gasteiger partial charge in [-0.25, -0.2) is 0 Å². The number of pyridine rings is 1. The molecule has 0 aliphatic heterocycles. The first kappa shape index (κ1) is 17.7. The summed E-state index contributed by atoms with van der Waals surface area (Å²) >= 11 is 0. The van der Waals surface area contributed by atoms with Crippen molar-refractivity contribution in [2.24, 2.45) is 5.73 Å². The molecule has 0 fully saturated rings. The van der Waals surface area contributed by atoms with Crippen LogP contribution in [0.2, 0.25) is 0 Å². The maximum absolute atomic E-state index is 12.0. The van der Waals surface area contributed by atoms with E-state index in [4.69, 9.17) is 10.5 Å². The van der Waals surface area contributed by atoms with Gasteiger partial charge in [-0.1, -0.05) is 20.8 Å². The van der Waals surface area contributed by atoms with Gasteiger partial charge in [0.2, 0.25) is 0 Å². The number of nitrogens with two attached hydrogens (primary N) is 1. The number of rotatable bonds is 6. The first-order chi connectivity index (χ1) is 9.58. The first-order valence-electron chi connectivity index (χ1n) is 6.69. The van der Waals surface area contributed by atoms with Crippen molar-refractivity contribution in [2.45, 2.75) is 38.4 Å². The fourth-order valence-electron chi connectivity index (χ4n) is 1.57. The number of hydrogen-bond acceptors (Lipinski definition) is 4. The average molecular weight is 305 g/mol. The number of nitrogens with one attached hydrogen (secondary N) is 1.